The predicted molar refractivity (Wildman–Crippen MR) is 98.3 cm³/mol. The average Bonchev–Trinajstić information content (AvgIpc) is 3.25. The van der Waals surface area contributed by atoms with Gasteiger partial charge in [0.1, 0.15) is 23.3 Å². The van der Waals surface area contributed by atoms with Gasteiger partial charge in [0.25, 0.3) is 5.91 Å². The second-order valence-corrected chi connectivity index (χ2v) is 6.34. The van der Waals surface area contributed by atoms with E-state index < -0.39 is 12.0 Å². The molecule has 1 atom stereocenters. The van der Waals surface area contributed by atoms with Crippen molar-refractivity contribution in [3.05, 3.63) is 42.0 Å². The Kier molecular flexibility index (Phi) is 5.36. The summed E-state index contributed by atoms with van der Waals surface area (Å²) in [6.45, 7) is 4.02. The molecule has 1 unspecified atom stereocenters. The summed E-state index contributed by atoms with van der Waals surface area (Å²) in [5, 5.41) is 16.6. The maximum absolute atomic E-state index is 11.1. The van der Waals surface area contributed by atoms with Gasteiger partial charge in [-0.15, -0.1) is 5.10 Å². The van der Waals surface area contributed by atoms with Gasteiger partial charge in [0.2, 0.25) is 0 Å². The molecule has 0 saturated heterocycles. The molecule has 0 aliphatic carbocycles. The van der Waals surface area contributed by atoms with Gasteiger partial charge in [0.05, 0.1) is 17.2 Å². The molecule has 0 saturated carbocycles. The Hall–Kier alpha value is -3.73. The van der Waals surface area contributed by atoms with Crippen molar-refractivity contribution >= 4 is 29.1 Å². The van der Waals surface area contributed by atoms with Crippen LogP contribution in [0.5, 0.6) is 5.75 Å². The van der Waals surface area contributed by atoms with Crippen LogP contribution >= 0.6 is 0 Å². The smallest absolute Gasteiger partial charge is 0.409 e. The molecule has 2 amide bonds. The van der Waals surface area contributed by atoms with Gasteiger partial charge in [-0.2, -0.15) is 0 Å². The van der Waals surface area contributed by atoms with Crippen LogP contribution in [0.4, 0.5) is 4.79 Å². The van der Waals surface area contributed by atoms with E-state index in [4.69, 9.17) is 15.7 Å². The Morgan fingerprint density at radius 3 is 2.86 bits per heavy atom. The molecule has 0 fully saturated rings. The molecular weight excluding hydrogens is 366 g/mol. The van der Waals surface area contributed by atoms with Gasteiger partial charge in [0.15, 0.2) is 0 Å². The van der Waals surface area contributed by atoms with Crippen molar-refractivity contribution in [2.75, 3.05) is 0 Å². The number of aromatic nitrogens is 5. The number of nitrogens with one attached hydrogen (secondary N) is 2. The number of hydroxylamine groups is 1. The van der Waals surface area contributed by atoms with Gasteiger partial charge in [-0.3, -0.25) is 10.0 Å². The van der Waals surface area contributed by atoms with Crippen LogP contribution in [0.3, 0.4) is 0 Å². The van der Waals surface area contributed by atoms with Crippen LogP contribution in [-0.4, -0.2) is 42.2 Å². The summed E-state index contributed by atoms with van der Waals surface area (Å²) in [7, 11) is 0. The number of rotatable bonds is 6. The summed E-state index contributed by atoms with van der Waals surface area (Å²) in [5.74, 6) is 0.406. The summed E-state index contributed by atoms with van der Waals surface area (Å²) in [5.41, 5.74) is 8.37. The first kappa shape index (κ1) is 19.0. The summed E-state index contributed by atoms with van der Waals surface area (Å²) in [6.07, 6.45) is 3.34. The highest BCUT2D eigenvalue weighted by Gasteiger charge is 2.23. The SMILES string of the molecule is CC(C)C(c1nc2ccc(OC(N)=O)cc2[nH]1)n1cc(/C=C/C(=O)NO)nn1. The van der Waals surface area contributed by atoms with Crippen LogP contribution in [0.25, 0.3) is 17.1 Å². The highest BCUT2D eigenvalue weighted by atomic mass is 16.5. The minimum Gasteiger partial charge on any atom is -0.410 e. The first-order valence-electron chi connectivity index (χ1n) is 8.38. The zero-order valence-corrected chi connectivity index (χ0v) is 15.2. The van der Waals surface area contributed by atoms with Gasteiger partial charge < -0.3 is 15.5 Å². The third-order valence-electron chi connectivity index (χ3n) is 3.93. The number of ether oxygens (including phenoxy) is 1. The van der Waals surface area contributed by atoms with Gasteiger partial charge >= 0.3 is 6.09 Å². The number of nitrogens with two attached hydrogens (primary N) is 1. The molecule has 0 spiro atoms. The Morgan fingerprint density at radius 1 is 1.39 bits per heavy atom. The lowest BCUT2D eigenvalue weighted by Gasteiger charge is -2.18. The molecule has 2 aromatic heterocycles. The second kappa shape index (κ2) is 7.88. The van der Waals surface area contributed by atoms with Crippen molar-refractivity contribution < 1.29 is 19.5 Å². The Balaban J connectivity index is 1.92. The Labute approximate surface area is 159 Å². The van der Waals surface area contributed by atoms with Crippen LogP contribution in [0.15, 0.2) is 30.5 Å². The van der Waals surface area contributed by atoms with Crippen molar-refractivity contribution in [2.45, 2.75) is 19.9 Å². The first-order chi connectivity index (χ1) is 13.4. The molecule has 11 heteroatoms. The summed E-state index contributed by atoms with van der Waals surface area (Å²) in [6, 6.07) is 4.70. The number of fused-ring (bicyclic) bond motifs is 1. The largest absolute Gasteiger partial charge is 0.410 e. The minimum absolute atomic E-state index is 0.112. The van der Waals surface area contributed by atoms with Crippen molar-refractivity contribution in [3.8, 4) is 5.75 Å². The third kappa shape index (κ3) is 4.15. The van der Waals surface area contributed by atoms with E-state index in [9.17, 15) is 9.59 Å². The molecule has 3 aromatic rings. The second-order valence-electron chi connectivity index (χ2n) is 6.34. The van der Waals surface area contributed by atoms with E-state index in [2.05, 4.69) is 20.3 Å². The number of primary amides is 1. The van der Waals surface area contributed by atoms with E-state index in [1.54, 1.807) is 29.1 Å². The van der Waals surface area contributed by atoms with Crippen LogP contribution in [0, 0.1) is 5.92 Å². The van der Waals surface area contributed by atoms with Crippen molar-refractivity contribution in [2.24, 2.45) is 11.7 Å². The molecule has 146 valence electrons. The monoisotopic (exact) mass is 385 g/mol. The molecule has 0 bridgehead atoms. The molecule has 11 nitrogen and oxygen atoms in total. The molecule has 0 aliphatic rings. The van der Waals surface area contributed by atoms with Crippen LogP contribution in [0.2, 0.25) is 0 Å². The highest BCUT2D eigenvalue weighted by Crippen LogP contribution is 2.27. The molecule has 0 radical (unpaired) electrons. The van der Waals surface area contributed by atoms with Gasteiger partial charge in [0, 0.05) is 12.1 Å². The average molecular weight is 385 g/mol. The number of imidazole rings is 1. The maximum Gasteiger partial charge on any atom is 0.409 e. The van der Waals surface area contributed by atoms with Crippen LogP contribution in [-0.2, 0) is 4.79 Å². The number of amides is 2. The maximum atomic E-state index is 11.1. The molecule has 0 aliphatic heterocycles. The Morgan fingerprint density at radius 2 is 2.18 bits per heavy atom. The molecular formula is C17H19N7O4. The van der Waals surface area contributed by atoms with Gasteiger partial charge in [-0.25, -0.2) is 19.9 Å². The topological polar surface area (TPSA) is 161 Å². The fourth-order valence-corrected chi connectivity index (χ4v) is 2.78. The number of carbonyl (C=O) groups excluding carboxylic acids is 2. The van der Waals surface area contributed by atoms with Crippen molar-refractivity contribution in [1.82, 2.24) is 30.4 Å². The summed E-state index contributed by atoms with van der Waals surface area (Å²) in [4.78, 5) is 29.8. The van der Waals surface area contributed by atoms with E-state index >= 15 is 0 Å². The van der Waals surface area contributed by atoms with E-state index in [-0.39, 0.29) is 12.0 Å². The fourth-order valence-electron chi connectivity index (χ4n) is 2.78. The Bertz CT molecular complexity index is 1040. The molecule has 1 aromatic carbocycles. The zero-order chi connectivity index (χ0) is 20.3. The predicted octanol–water partition coefficient (Wildman–Crippen LogP) is 1.38. The lowest BCUT2D eigenvalue weighted by molar-refractivity contribution is -0.124. The number of carbonyl (C=O) groups is 2. The fraction of sp³-hybridized carbons (Fsp3) is 0.235. The zero-order valence-electron chi connectivity index (χ0n) is 15.2. The standard InChI is InChI=1S/C17H19N7O4/c1-9(2)15(24-8-10(21-23-24)3-6-14(25)22-27)16-19-12-5-4-11(28-17(18)26)7-13(12)20-16/h3-9,15,27H,1-2H3,(H2,18,26)(H,19,20)(H,22,25)/b6-3+. The lowest BCUT2D eigenvalue weighted by Crippen LogP contribution is -2.18. The van der Waals surface area contributed by atoms with E-state index in [0.29, 0.717) is 28.3 Å². The van der Waals surface area contributed by atoms with Gasteiger partial charge in [-0.05, 0) is 24.1 Å². The number of aromatic amines is 1. The quantitative estimate of drug-likeness (QED) is 0.283. The molecule has 2 heterocycles. The van der Waals surface area contributed by atoms with Crippen LogP contribution < -0.4 is 16.0 Å². The van der Waals surface area contributed by atoms with E-state index in [1.165, 1.54) is 11.6 Å². The van der Waals surface area contributed by atoms with E-state index in [0.717, 1.165) is 6.08 Å². The normalized spacial score (nSPS) is 12.6. The number of nitrogens with zero attached hydrogens (tertiary/aromatic N) is 4. The molecule has 28 heavy (non-hydrogen) atoms. The van der Waals surface area contributed by atoms with Crippen LogP contribution in [0.1, 0.15) is 31.4 Å². The summed E-state index contributed by atoms with van der Waals surface area (Å²) >= 11 is 0. The first-order valence-corrected chi connectivity index (χ1v) is 8.38. The minimum atomic E-state index is -0.891. The lowest BCUT2D eigenvalue weighted by atomic mass is 10.0. The number of hydrogen-bond donors (Lipinski definition) is 4. The van der Waals surface area contributed by atoms with Crippen molar-refractivity contribution in [1.29, 1.82) is 0 Å². The van der Waals surface area contributed by atoms with Gasteiger partial charge in [-0.1, -0.05) is 19.1 Å². The third-order valence-corrected chi connectivity index (χ3v) is 3.93. The number of hydrogen-bond acceptors (Lipinski definition) is 7. The van der Waals surface area contributed by atoms with E-state index in [1.807, 2.05) is 13.8 Å². The summed E-state index contributed by atoms with van der Waals surface area (Å²) < 4.78 is 6.53. The van der Waals surface area contributed by atoms with Crippen molar-refractivity contribution in [3.63, 3.8) is 0 Å². The number of H-pyrrole nitrogens is 1. The molecule has 3 rings (SSSR count). The molecule has 5 N–H and O–H groups in total. The number of benzene rings is 1. The highest BCUT2D eigenvalue weighted by molar-refractivity contribution is 5.90.